The largest absolute Gasteiger partial charge is 0.494 e. The van der Waals surface area contributed by atoms with E-state index in [9.17, 15) is 0 Å². The van der Waals surface area contributed by atoms with Gasteiger partial charge in [0.05, 0.1) is 23.4 Å². The highest BCUT2D eigenvalue weighted by atomic mass is 35.5. The normalized spacial score (nSPS) is 21.4. The molecule has 1 N–H and O–H groups in total. The molecule has 0 unspecified atom stereocenters. The number of ether oxygens (including phenoxy) is 1. The van der Waals surface area contributed by atoms with Crippen molar-refractivity contribution >= 4 is 51.8 Å². The molecule has 5 nitrogen and oxygen atoms in total. The third kappa shape index (κ3) is 5.04. The summed E-state index contributed by atoms with van der Waals surface area (Å²) in [6.45, 7) is 6.77. The number of piperidine rings is 1. The van der Waals surface area contributed by atoms with Gasteiger partial charge in [-0.25, -0.2) is 5.01 Å². The molecule has 0 spiro atoms. The first-order valence-electron chi connectivity index (χ1n) is 11.1. The van der Waals surface area contributed by atoms with Crippen molar-refractivity contribution in [3.8, 4) is 5.75 Å². The van der Waals surface area contributed by atoms with E-state index in [0.29, 0.717) is 21.6 Å². The minimum absolute atomic E-state index is 0.0551. The molecule has 170 valence electrons. The van der Waals surface area contributed by atoms with Crippen LogP contribution in [0.3, 0.4) is 0 Å². The molecule has 8 heteroatoms. The highest BCUT2D eigenvalue weighted by Gasteiger charge is 2.39. The monoisotopic (exact) mass is 490 g/mol. The molecule has 2 aromatic carbocycles. The van der Waals surface area contributed by atoms with Crippen molar-refractivity contribution in [1.82, 2.24) is 10.4 Å². The van der Waals surface area contributed by atoms with E-state index in [0.717, 1.165) is 35.8 Å². The predicted molar refractivity (Wildman–Crippen MR) is 137 cm³/mol. The maximum Gasteiger partial charge on any atom is 0.137 e. The second kappa shape index (κ2) is 10.4. The summed E-state index contributed by atoms with van der Waals surface area (Å²) in [6, 6.07) is 13.6. The van der Waals surface area contributed by atoms with Crippen LogP contribution in [0.4, 0.5) is 5.69 Å². The maximum absolute atomic E-state index is 6.59. The summed E-state index contributed by atoms with van der Waals surface area (Å²) in [5.41, 5.74) is 6.20. The van der Waals surface area contributed by atoms with Crippen molar-refractivity contribution in [3.63, 3.8) is 0 Å². The van der Waals surface area contributed by atoms with E-state index in [4.69, 9.17) is 45.3 Å². The first kappa shape index (κ1) is 23.3. The van der Waals surface area contributed by atoms with Crippen LogP contribution >= 0.6 is 35.4 Å². The van der Waals surface area contributed by atoms with Crippen molar-refractivity contribution in [1.29, 1.82) is 0 Å². The Bertz CT molecular complexity index is 992. The number of halogens is 2. The molecule has 0 amide bonds. The summed E-state index contributed by atoms with van der Waals surface area (Å²) in [5.74, 6) is 0.908. The Morgan fingerprint density at radius 2 is 1.84 bits per heavy atom. The van der Waals surface area contributed by atoms with Crippen LogP contribution in [-0.2, 0) is 0 Å². The molecule has 2 atom stereocenters. The molecule has 0 saturated carbocycles. The number of nitrogens with one attached hydrogen (secondary N) is 1. The number of hydrazone groups is 1. The van der Waals surface area contributed by atoms with Crippen molar-refractivity contribution < 1.29 is 4.74 Å². The van der Waals surface area contributed by atoms with Gasteiger partial charge in [-0.15, -0.1) is 0 Å². The lowest BCUT2D eigenvalue weighted by atomic mass is 9.91. The number of nitrogens with zero attached hydrogens (tertiary/aromatic N) is 3. The summed E-state index contributed by atoms with van der Waals surface area (Å²) in [4.78, 5) is 0.669. The van der Waals surface area contributed by atoms with Gasteiger partial charge in [0, 0.05) is 24.0 Å². The van der Waals surface area contributed by atoms with Gasteiger partial charge >= 0.3 is 0 Å². The van der Waals surface area contributed by atoms with Gasteiger partial charge in [0.1, 0.15) is 16.4 Å². The number of rotatable bonds is 6. The number of hydrogen-bond donors (Lipinski definition) is 1. The Kier molecular flexibility index (Phi) is 7.56. The average molecular weight is 491 g/mol. The van der Waals surface area contributed by atoms with E-state index in [2.05, 4.69) is 29.5 Å². The van der Waals surface area contributed by atoms with E-state index >= 15 is 0 Å². The second-order valence-electron chi connectivity index (χ2n) is 8.15. The van der Waals surface area contributed by atoms with Crippen molar-refractivity contribution in [2.75, 3.05) is 24.7 Å². The highest BCUT2D eigenvalue weighted by Crippen LogP contribution is 2.42. The lowest BCUT2D eigenvalue weighted by molar-refractivity contribution is 0.197. The van der Waals surface area contributed by atoms with E-state index in [1.165, 1.54) is 19.3 Å². The first-order chi connectivity index (χ1) is 15.5. The molecule has 2 aliphatic rings. The molecule has 1 fully saturated rings. The zero-order valence-corrected chi connectivity index (χ0v) is 20.7. The third-order valence-corrected chi connectivity index (χ3v) is 6.76. The molecule has 0 aliphatic carbocycles. The Balaban J connectivity index is 1.66. The van der Waals surface area contributed by atoms with Crippen LogP contribution in [0.25, 0.3) is 0 Å². The van der Waals surface area contributed by atoms with Crippen molar-refractivity contribution in [2.45, 2.75) is 39.2 Å². The lowest BCUT2D eigenvalue weighted by Crippen LogP contribution is -2.47. The van der Waals surface area contributed by atoms with Crippen LogP contribution in [0.5, 0.6) is 5.75 Å². The van der Waals surface area contributed by atoms with Crippen molar-refractivity contribution in [3.05, 3.63) is 58.1 Å². The Labute approximate surface area is 205 Å². The molecule has 0 bridgehead atoms. The van der Waals surface area contributed by atoms with Gasteiger partial charge in [-0.2, -0.15) is 5.10 Å². The number of hydrogen-bond acceptors (Lipinski definition) is 5. The molecule has 4 rings (SSSR count). The van der Waals surface area contributed by atoms with Crippen LogP contribution in [-0.4, -0.2) is 35.4 Å². The van der Waals surface area contributed by atoms with Crippen LogP contribution in [0.1, 0.15) is 44.7 Å². The average Bonchev–Trinajstić information content (AvgIpc) is 3.12. The van der Waals surface area contributed by atoms with Crippen LogP contribution in [0.15, 0.2) is 47.6 Å². The van der Waals surface area contributed by atoms with Gasteiger partial charge in [0.2, 0.25) is 0 Å². The summed E-state index contributed by atoms with van der Waals surface area (Å²) in [5, 5.41) is 10.3. The maximum atomic E-state index is 6.59. The van der Waals surface area contributed by atoms with Gasteiger partial charge < -0.3 is 10.2 Å². The Morgan fingerprint density at radius 1 is 1.12 bits per heavy atom. The number of anilines is 1. The number of hydrazine groups is 1. The molecular formula is C24H28Cl2N4OS. The molecule has 32 heavy (non-hydrogen) atoms. The minimum atomic E-state index is -0.0551. The smallest absolute Gasteiger partial charge is 0.137 e. The standard InChI is InChI=1S/C24H28Cl2N4OS/c1-3-31-19-10-7-17(8-11-19)23-16(2)22(24(32)28-29-13-5-4-6-14-29)27-30(23)21-12-9-18(25)15-20(21)26/h7-12,15-16,23H,3-6,13-14H2,1-2H3,(H,28,32)/t16-,23+/m1/s1. The molecule has 0 aromatic heterocycles. The summed E-state index contributed by atoms with van der Waals surface area (Å²) >= 11 is 18.5. The predicted octanol–water partition coefficient (Wildman–Crippen LogP) is 6.26. The number of benzene rings is 2. The van der Waals surface area contributed by atoms with Crippen LogP contribution < -0.4 is 15.2 Å². The lowest BCUT2D eigenvalue weighted by Gasteiger charge is -2.29. The van der Waals surface area contributed by atoms with Gasteiger partial charge in [0.25, 0.3) is 0 Å². The second-order valence-corrected chi connectivity index (χ2v) is 9.40. The molecule has 2 heterocycles. The van der Waals surface area contributed by atoms with Gasteiger partial charge in [-0.3, -0.25) is 5.01 Å². The van der Waals surface area contributed by atoms with Gasteiger partial charge in [-0.05, 0) is 55.7 Å². The fourth-order valence-electron chi connectivity index (χ4n) is 4.32. The van der Waals surface area contributed by atoms with E-state index in [1.807, 2.05) is 36.2 Å². The van der Waals surface area contributed by atoms with E-state index < -0.39 is 0 Å². The van der Waals surface area contributed by atoms with Crippen molar-refractivity contribution in [2.24, 2.45) is 11.0 Å². The summed E-state index contributed by atoms with van der Waals surface area (Å²) in [7, 11) is 0. The molecule has 2 aliphatic heterocycles. The molecule has 0 radical (unpaired) electrons. The SMILES string of the molecule is CCOc1ccc([C@@H]2[C@H](C)C(C(=S)NN3CCCCC3)=NN2c2ccc(Cl)cc2Cl)cc1. The molecule has 2 aromatic rings. The highest BCUT2D eigenvalue weighted by molar-refractivity contribution is 7.82. The minimum Gasteiger partial charge on any atom is -0.494 e. The fourth-order valence-corrected chi connectivity index (χ4v) is 5.17. The first-order valence-corrected chi connectivity index (χ1v) is 12.3. The molecular weight excluding hydrogens is 463 g/mol. The van der Waals surface area contributed by atoms with Crippen LogP contribution in [0, 0.1) is 5.92 Å². The van der Waals surface area contributed by atoms with Gasteiger partial charge in [-0.1, -0.05) is 60.9 Å². The summed E-state index contributed by atoms with van der Waals surface area (Å²) < 4.78 is 5.62. The van der Waals surface area contributed by atoms with Crippen LogP contribution in [0.2, 0.25) is 10.0 Å². The Morgan fingerprint density at radius 3 is 2.50 bits per heavy atom. The third-order valence-electron chi connectivity index (χ3n) is 5.92. The fraction of sp³-hybridized carbons (Fsp3) is 0.417. The molecule has 1 saturated heterocycles. The number of thiocarbonyl (C=S) groups is 1. The summed E-state index contributed by atoms with van der Waals surface area (Å²) in [6.07, 6.45) is 3.63. The quantitative estimate of drug-likeness (QED) is 0.483. The van der Waals surface area contributed by atoms with E-state index in [-0.39, 0.29) is 12.0 Å². The topological polar surface area (TPSA) is 40.1 Å². The van der Waals surface area contributed by atoms with Gasteiger partial charge in [0.15, 0.2) is 0 Å². The van der Waals surface area contributed by atoms with E-state index in [1.54, 1.807) is 6.07 Å². The zero-order chi connectivity index (χ0) is 22.7. The Hall–Kier alpha value is -1.86. The zero-order valence-electron chi connectivity index (χ0n) is 18.4.